The fourth-order valence-electron chi connectivity index (χ4n) is 1.79. The minimum atomic E-state index is 0.666. The summed E-state index contributed by atoms with van der Waals surface area (Å²) < 4.78 is 0. The Morgan fingerprint density at radius 1 is 1.24 bits per heavy atom. The lowest BCUT2D eigenvalue weighted by Gasteiger charge is -2.24. The van der Waals surface area contributed by atoms with Gasteiger partial charge < -0.3 is 5.32 Å². The number of nitriles is 1. The summed E-state index contributed by atoms with van der Waals surface area (Å²) in [7, 11) is 0. The minimum Gasteiger partial charge on any atom is -0.314 e. The zero-order valence-electron chi connectivity index (χ0n) is 9.74. The number of piperazine rings is 1. The summed E-state index contributed by atoms with van der Waals surface area (Å²) in [6.07, 6.45) is 0. The molecule has 0 bridgehead atoms. The van der Waals surface area contributed by atoms with Crippen molar-refractivity contribution in [3.8, 4) is 17.9 Å². The van der Waals surface area contributed by atoms with Crippen molar-refractivity contribution in [2.75, 3.05) is 32.7 Å². The van der Waals surface area contributed by atoms with Crippen LogP contribution in [0.3, 0.4) is 0 Å². The van der Waals surface area contributed by atoms with Gasteiger partial charge in [0.2, 0.25) is 0 Å². The van der Waals surface area contributed by atoms with E-state index in [9.17, 15) is 0 Å². The maximum absolute atomic E-state index is 8.78. The van der Waals surface area contributed by atoms with Crippen LogP contribution in [0.5, 0.6) is 0 Å². The largest absolute Gasteiger partial charge is 0.314 e. The van der Waals surface area contributed by atoms with Crippen molar-refractivity contribution in [1.29, 1.82) is 5.26 Å². The Balaban J connectivity index is 1.93. The summed E-state index contributed by atoms with van der Waals surface area (Å²) in [6, 6.07) is 9.54. The number of hydrogen-bond donors (Lipinski definition) is 1. The molecule has 17 heavy (non-hydrogen) atoms. The van der Waals surface area contributed by atoms with Crippen LogP contribution in [-0.4, -0.2) is 37.6 Å². The summed E-state index contributed by atoms with van der Waals surface area (Å²) in [6.45, 7) is 5.02. The van der Waals surface area contributed by atoms with Crippen molar-refractivity contribution in [2.24, 2.45) is 0 Å². The molecular formula is C14H15N3. The van der Waals surface area contributed by atoms with Crippen LogP contribution in [0.1, 0.15) is 11.1 Å². The molecule has 0 aromatic heterocycles. The molecule has 0 amide bonds. The standard InChI is InChI=1S/C14H15N3/c15-12-14-4-1-3-13(11-14)5-2-8-17-9-6-16-7-10-17/h1,3-4,11,16H,6-10H2. The lowest BCUT2D eigenvalue weighted by atomic mass is 10.1. The first-order valence-corrected chi connectivity index (χ1v) is 5.80. The maximum atomic E-state index is 8.78. The van der Waals surface area contributed by atoms with Gasteiger partial charge >= 0.3 is 0 Å². The van der Waals surface area contributed by atoms with E-state index >= 15 is 0 Å². The Morgan fingerprint density at radius 2 is 2.00 bits per heavy atom. The van der Waals surface area contributed by atoms with Crippen LogP contribution >= 0.6 is 0 Å². The van der Waals surface area contributed by atoms with E-state index in [1.54, 1.807) is 6.07 Å². The van der Waals surface area contributed by atoms with E-state index in [2.05, 4.69) is 28.1 Å². The van der Waals surface area contributed by atoms with Crippen LogP contribution in [0.25, 0.3) is 0 Å². The third kappa shape index (κ3) is 3.60. The van der Waals surface area contributed by atoms with Gasteiger partial charge in [0.05, 0.1) is 18.2 Å². The van der Waals surface area contributed by atoms with E-state index in [0.717, 1.165) is 38.3 Å². The Morgan fingerprint density at radius 3 is 2.76 bits per heavy atom. The predicted octanol–water partition coefficient (Wildman–Crippen LogP) is 0.815. The minimum absolute atomic E-state index is 0.666. The van der Waals surface area contributed by atoms with Gasteiger partial charge in [0.1, 0.15) is 0 Å². The fourth-order valence-corrected chi connectivity index (χ4v) is 1.79. The second-order valence-corrected chi connectivity index (χ2v) is 4.02. The maximum Gasteiger partial charge on any atom is 0.0992 e. The molecule has 0 unspecified atom stereocenters. The first kappa shape index (κ1) is 11.7. The molecule has 1 fully saturated rings. The van der Waals surface area contributed by atoms with E-state index in [1.807, 2.05) is 18.2 Å². The van der Waals surface area contributed by atoms with Crippen molar-refractivity contribution < 1.29 is 0 Å². The molecule has 0 radical (unpaired) electrons. The summed E-state index contributed by atoms with van der Waals surface area (Å²) in [5.41, 5.74) is 1.58. The van der Waals surface area contributed by atoms with Gasteiger partial charge in [-0.25, -0.2) is 0 Å². The molecule has 1 heterocycles. The van der Waals surface area contributed by atoms with E-state index in [0.29, 0.717) is 5.56 Å². The number of nitrogens with one attached hydrogen (secondary N) is 1. The molecule has 3 heteroatoms. The topological polar surface area (TPSA) is 39.1 Å². The van der Waals surface area contributed by atoms with Crippen LogP contribution in [0, 0.1) is 23.2 Å². The van der Waals surface area contributed by atoms with Gasteiger partial charge in [-0.3, -0.25) is 4.90 Å². The van der Waals surface area contributed by atoms with Gasteiger partial charge in [-0.1, -0.05) is 17.9 Å². The predicted molar refractivity (Wildman–Crippen MR) is 67.3 cm³/mol. The van der Waals surface area contributed by atoms with Crippen LogP contribution in [0.4, 0.5) is 0 Å². The second kappa shape index (κ2) is 6.06. The van der Waals surface area contributed by atoms with Gasteiger partial charge in [-0.2, -0.15) is 5.26 Å². The molecule has 2 rings (SSSR count). The number of benzene rings is 1. The Labute approximate surface area is 102 Å². The lowest BCUT2D eigenvalue weighted by molar-refractivity contribution is 0.268. The highest BCUT2D eigenvalue weighted by Crippen LogP contribution is 2.02. The Kier molecular flexibility index (Phi) is 4.16. The molecule has 1 N–H and O–H groups in total. The molecular weight excluding hydrogens is 210 g/mol. The van der Waals surface area contributed by atoms with Crippen molar-refractivity contribution in [1.82, 2.24) is 10.2 Å². The summed E-state index contributed by atoms with van der Waals surface area (Å²) in [5.74, 6) is 6.26. The monoisotopic (exact) mass is 225 g/mol. The Bertz CT molecular complexity index is 470. The highest BCUT2D eigenvalue weighted by molar-refractivity contribution is 5.41. The normalized spacial score (nSPS) is 15.7. The van der Waals surface area contributed by atoms with Crippen molar-refractivity contribution >= 4 is 0 Å². The summed E-state index contributed by atoms with van der Waals surface area (Å²) in [5, 5.41) is 12.1. The van der Waals surface area contributed by atoms with Crippen LogP contribution < -0.4 is 5.32 Å². The third-order valence-corrected chi connectivity index (χ3v) is 2.74. The van der Waals surface area contributed by atoms with Crippen LogP contribution in [0.2, 0.25) is 0 Å². The van der Waals surface area contributed by atoms with Gasteiger partial charge in [-0.15, -0.1) is 0 Å². The summed E-state index contributed by atoms with van der Waals surface area (Å²) >= 11 is 0. The molecule has 1 saturated heterocycles. The molecule has 86 valence electrons. The zero-order valence-corrected chi connectivity index (χ0v) is 9.74. The van der Waals surface area contributed by atoms with Gasteiger partial charge in [0.15, 0.2) is 0 Å². The van der Waals surface area contributed by atoms with Crippen LogP contribution in [0.15, 0.2) is 24.3 Å². The smallest absolute Gasteiger partial charge is 0.0992 e. The van der Waals surface area contributed by atoms with Crippen molar-refractivity contribution in [3.05, 3.63) is 35.4 Å². The molecule has 0 spiro atoms. The highest BCUT2D eigenvalue weighted by Gasteiger charge is 2.06. The fraction of sp³-hybridized carbons (Fsp3) is 0.357. The van der Waals surface area contributed by atoms with Crippen molar-refractivity contribution in [2.45, 2.75) is 0 Å². The van der Waals surface area contributed by atoms with E-state index < -0.39 is 0 Å². The first-order chi connectivity index (χ1) is 8.38. The van der Waals surface area contributed by atoms with E-state index in [-0.39, 0.29) is 0 Å². The Hall–Kier alpha value is -1.81. The summed E-state index contributed by atoms with van der Waals surface area (Å²) in [4.78, 5) is 2.33. The molecule has 1 aromatic carbocycles. The third-order valence-electron chi connectivity index (χ3n) is 2.74. The molecule has 0 aliphatic carbocycles. The lowest BCUT2D eigenvalue weighted by Crippen LogP contribution is -2.43. The molecule has 0 saturated carbocycles. The number of rotatable bonds is 1. The molecule has 1 aromatic rings. The highest BCUT2D eigenvalue weighted by atomic mass is 15.2. The van der Waals surface area contributed by atoms with Crippen LogP contribution in [-0.2, 0) is 0 Å². The first-order valence-electron chi connectivity index (χ1n) is 5.80. The zero-order chi connectivity index (χ0) is 11.9. The SMILES string of the molecule is N#Cc1cccc(C#CCN2CCNCC2)c1. The number of nitrogens with zero attached hydrogens (tertiary/aromatic N) is 2. The van der Waals surface area contributed by atoms with Crippen molar-refractivity contribution in [3.63, 3.8) is 0 Å². The quantitative estimate of drug-likeness (QED) is 0.719. The molecule has 0 atom stereocenters. The van der Waals surface area contributed by atoms with Gasteiger partial charge in [-0.05, 0) is 18.2 Å². The van der Waals surface area contributed by atoms with Gasteiger partial charge in [0.25, 0.3) is 0 Å². The average molecular weight is 225 g/mol. The number of hydrogen-bond acceptors (Lipinski definition) is 3. The van der Waals surface area contributed by atoms with E-state index in [4.69, 9.17) is 5.26 Å². The van der Waals surface area contributed by atoms with Gasteiger partial charge in [0, 0.05) is 31.7 Å². The van der Waals surface area contributed by atoms with E-state index in [1.165, 1.54) is 0 Å². The molecule has 1 aliphatic heterocycles. The molecule has 1 aliphatic rings. The average Bonchev–Trinajstić information content (AvgIpc) is 2.40. The second-order valence-electron chi connectivity index (χ2n) is 4.02. The molecule has 3 nitrogen and oxygen atoms in total.